The molecule has 21 heavy (non-hydrogen) atoms. The van der Waals surface area contributed by atoms with E-state index in [-0.39, 0.29) is 6.54 Å². The van der Waals surface area contributed by atoms with E-state index in [0.717, 1.165) is 43.2 Å². The molecule has 2 heterocycles. The van der Waals surface area contributed by atoms with E-state index >= 15 is 0 Å². The van der Waals surface area contributed by atoms with Gasteiger partial charge in [0.15, 0.2) is 0 Å². The van der Waals surface area contributed by atoms with Gasteiger partial charge in [-0.15, -0.1) is 0 Å². The number of carbonyl (C=O) groups is 1. The molecule has 2 aliphatic heterocycles. The van der Waals surface area contributed by atoms with Crippen LogP contribution in [0.4, 0.5) is 0 Å². The second-order valence-corrected chi connectivity index (χ2v) is 7.57. The number of nitrogens with zero attached hydrogens (tertiary/aromatic N) is 2. The number of carboxylic acids is 1. The van der Waals surface area contributed by atoms with E-state index in [1.807, 2.05) is 0 Å². The Bertz CT molecular complexity index is 468. The Hall–Kier alpha value is -0.700. The largest absolute Gasteiger partial charge is 0.480 e. The van der Waals surface area contributed by atoms with Crippen LogP contribution in [0, 0.1) is 5.92 Å². The van der Waals surface area contributed by atoms with Gasteiger partial charge in [0.25, 0.3) is 10.2 Å². The first-order valence-corrected chi connectivity index (χ1v) is 9.09. The Morgan fingerprint density at radius 1 is 1.29 bits per heavy atom. The van der Waals surface area contributed by atoms with Crippen LogP contribution in [-0.2, 0) is 15.0 Å². The average Bonchev–Trinajstić information content (AvgIpc) is 2.93. The molecule has 2 N–H and O–H groups in total. The molecule has 0 bridgehead atoms. The number of hydrogen-bond acceptors (Lipinski definition) is 4. The summed E-state index contributed by atoms with van der Waals surface area (Å²) in [4.78, 5) is 13.5. The minimum Gasteiger partial charge on any atom is -0.480 e. The fourth-order valence-electron chi connectivity index (χ4n) is 3.11. The van der Waals surface area contributed by atoms with Crippen LogP contribution in [0.5, 0.6) is 0 Å². The predicted octanol–water partition coefficient (Wildman–Crippen LogP) is 0.102. The predicted molar refractivity (Wildman–Crippen MR) is 79.1 cm³/mol. The molecule has 0 aliphatic carbocycles. The zero-order chi connectivity index (χ0) is 15.5. The summed E-state index contributed by atoms with van der Waals surface area (Å²) in [5, 5.41) is 9.18. The van der Waals surface area contributed by atoms with Gasteiger partial charge in [-0.3, -0.25) is 4.79 Å². The lowest BCUT2D eigenvalue weighted by Gasteiger charge is -2.32. The molecule has 2 rings (SSSR count). The molecular formula is C13H25N3O4S. The lowest BCUT2D eigenvalue weighted by atomic mass is 10.1. The van der Waals surface area contributed by atoms with Crippen molar-refractivity contribution in [1.29, 1.82) is 0 Å². The maximum atomic E-state index is 12.3. The minimum absolute atomic E-state index is 0.290. The zero-order valence-electron chi connectivity index (χ0n) is 12.5. The van der Waals surface area contributed by atoms with E-state index in [0.29, 0.717) is 18.9 Å². The average molecular weight is 319 g/mol. The van der Waals surface area contributed by atoms with Gasteiger partial charge in [-0.2, -0.15) is 12.7 Å². The van der Waals surface area contributed by atoms with Crippen molar-refractivity contribution in [2.45, 2.75) is 38.6 Å². The first-order valence-electron chi connectivity index (χ1n) is 7.65. The number of piperidine rings is 1. The van der Waals surface area contributed by atoms with Crippen LogP contribution < -0.4 is 4.72 Å². The van der Waals surface area contributed by atoms with Gasteiger partial charge >= 0.3 is 5.97 Å². The van der Waals surface area contributed by atoms with Crippen molar-refractivity contribution in [3.63, 3.8) is 0 Å². The molecule has 2 unspecified atom stereocenters. The number of aliphatic carboxylic acids is 1. The summed E-state index contributed by atoms with van der Waals surface area (Å²) < 4.78 is 28.4. The van der Waals surface area contributed by atoms with E-state index in [2.05, 4.69) is 16.5 Å². The minimum atomic E-state index is -3.71. The molecule has 0 spiro atoms. The molecule has 2 aliphatic rings. The SMILES string of the molecule is CCN1CCC(CNS(=O)(=O)N2CCCCC2C(=O)O)C1. The fraction of sp³-hybridized carbons (Fsp3) is 0.923. The fourth-order valence-corrected chi connectivity index (χ4v) is 4.62. The summed E-state index contributed by atoms with van der Waals surface area (Å²) in [7, 11) is -3.71. The van der Waals surface area contributed by atoms with Crippen LogP contribution in [0.15, 0.2) is 0 Å². The van der Waals surface area contributed by atoms with Crippen LogP contribution >= 0.6 is 0 Å². The highest BCUT2D eigenvalue weighted by molar-refractivity contribution is 7.87. The smallest absolute Gasteiger partial charge is 0.322 e. The van der Waals surface area contributed by atoms with Gasteiger partial charge < -0.3 is 10.0 Å². The van der Waals surface area contributed by atoms with E-state index in [9.17, 15) is 18.3 Å². The van der Waals surface area contributed by atoms with Crippen molar-refractivity contribution in [2.75, 3.05) is 32.7 Å². The molecule has 0 aromatic heterocycles. The Morgan fingerprint density at radius 3 is 2.67 bits per heavy atom. The monoisotopic (exact) mass is 319 g/mol. The molecule has 0 aromatic carbocycles. The molecule has 0 radical (unpaired) electrons. The normalized spacial score (nSPS) is 28.8. The lowest BCUT2D eigenvalue weighted by Crippen LogP contribution is -2.52. The topological polar surface area (TPSA) is 90.0 Å². The Morgan fingerprint density at radius 2 is 2.05 bits per heavy atom. The maximum absolute atomic E-state index is 12.3. The first kappa shape index (κ1) is 16.7. The molecule has 7 nitrogen and oxygen atoms in total. The summed E-state index contributed by atoms with van der Waals surface area (Å²) >= 11 is 0. The Labute approximate surface area is 126 Å². The van der Waals surface area contributed by atoms with E-state index in [4.69, 9.17) is 0 Å². The standard InChI is InChI=1S/C13H25N3O4S/c1-2-15-8-6-11(10-15)9-14-21(19,20)16-7-4-3-5-12(16)13(17)18/h11-12,14H,2-10H2,1H3,(H,17,18). The van der Waals surface area contributed by atoms with Gasteiger partial charge in [-0.1, -0.05) is 6.92 Å². The quantitative estimate of drug-likeness (QED) is 0.725. The second kappa shape index (κ2) is 7.04. The highest BCUT2D eigenvalue weighted by atomic mass is 32.2. The third-order valence-electron chi connectivity index (χ3n) is 4.42. The highest BCUT2D eigenvalue weighted by Crippen LogP contribution is 2.21. The van der Waals surface area contributed by atoms with Gasteiger partial charge in [0.1, 0.15) is 6.04 Å². The second-order valence-electron chi connectivity index (χ2n) is 5.86. The van der Waals surface area contributed by atoms with E-state index in [1.165, 1.54) is 0 Å². The van der Waals surface area contributed by atoms with Crippen LogP contribution in [0.2, 0.25) is 0 Å². The molecule has 0 amide bonds. The number of nitrogens with one attached hydrogen (secondary N) is 1. The van der Waals surface area contributed by atoms with Gasteiger partial charge in [0.05, 0.1) is 0 Å². The number of carboxylic acid groups (broad SMARTS) is 1. The van der Waals surface area contributed by atoms with E-state index in [1.54, 1.807) is 0 Å². The summed E-state index contributed by atoms with van der Waals surface area (Å²) in [5.74, 6) is -0.745. The van der Waals surface area contributed by atoms with Crippen LogP contribution in [-0.4, -0.2) is 67.5 Å². The Balaban J connectivity index is 1.92. The molecule has 0 aromatic rings. The maximum Gasteiger partial charge on any atom is 0.322 e. The molecule has 2 saturated heterocycles. The summed E-state index contributed by atoms with van der Waals surface area (Å²) in [6.07, 6.45) is 2.86. The zero-order valence-corrected chi connectivity index (χ0v) is 13.3. The van der Waals surface area contributed by atoms with Crippen LogP contribution in [0.1, 0.15) is 32.6 Å². The molecule has 2 fully saturated rings. The van der Waals surface area contributed by atoms with Crippen molar-refractivity contribution in [3.8, 4) is 0 Å². The number of rotatable bonds is 6. The van der Waals surface area contributed by atoms with Gasteiger partial charge in [-0.05, 0) is 44.7 Å². The molecule has 8 heteroatoms. The molecule has 0 saturated carbocycles. The first-order chi connectivity index (χ1) is 9.94. The van der Waals surface area contributed by atoms with E-state index < -0.39 is 22.2 Å². The summed E-state index contributed by atoms with van der Waals surface area (Å²) in [6, 6.07) is -0.924. The third-order valence-corrected chi connectivity index (χ3v) is 6.01. The van der Waals surface area contributed by atoms with Crippen molar-refractivity contribution in [2.24, 2.45) is 5.92 Å². The van der Waals surface area contributed by atoms with Crippen LogP contribution in [0.25, 0.3) is 0 Å². The number of likely N-dealkylation sites (tertiary alicyclic amines) is 1. The van der Waals surface area contributed by atoms with Crippen molar-refractivity contribution >= 4 is 16.2 Å². The number of hydrogen-bond donors (Lipinski definition) is 2. The molecule has 122 valence electrons. The van der Waals surface area contributed by atoms with Gasteiger partial charge in [-0.25, -0.2) is 4.72 Å². The van der Waals surface area contributed by atoms with Crippen LogP contribution in [0.3, 0.4) is 0 Å². The summed E-state index contributed by atoms with van der Waals surface area (Å²) in [5.41, 5.74) is 0. The summed E-state index contributed by atoms with van der Waals surface area (Å²) in [6.45, 7) is 5.67. The van der Waals surface area contributed by atoms with Gasteiger partial charge in [0.2, 0.25) is 0 Å². The highest BCUT2D eigenvalue weighted by Gasteiger charge is 2.37. The molecular weight excluding hydrogens is 294 g/mol. The van der Waals surface area contributed by atoms with Crippen molar-refractivity contribution < 1.29 is 18.3 Å². The third kappa shape index (κ3) is 4.15. The van der Waals surface area contributed by atoms with Gasteiger partial charge in [0, 0.05) is 19.6 Å². The Kier molecular flexibility index (Phi) is 5.59. The lowest BCUT2D eigenvalue weighted by molar-refractivity contribution is -0.142. The van der Waals surface area contributed by atoms with Crippen molar-refractivity contribution in [1.82, 2.24) is 13.9 Å². The van der Waals surface area contributed by atoms with Crippen molar-refractivity contribution in [3.05, 3.63) is 0 Å². The molecule has 2 atom stereocenters.